The van der Waals surface area contributed by atoms with E-state index < -0.39 is 0 Å². The van der Waals surface area contributed by atoms with Crippen LogP contribution in [0, 0.1) is 4.91 Å². The van der Waals surface area contributed by atoms with Gasteiger partial charge in [-0.15, -0.1) is 0 Å². The molecule has 0 heterocycles. The molecular weight excluding hydrogens is 218 g/mol. The van der Waals surface area contributed by atoms with Gasteiger partial charge < -0.3 is 30.3 Å². The predicted molar refractivity (Wildman–Crippen MR) is 9.41 cm³/mol. The molecule has 0 fully saturated rings. The fraction of sp³-hybridized carbons (Fsp3) is 0. The van der Waals surface area contributed by atoms with Gasteiger partial charge in [0.1, 0.15) is 0 Å². The van der Waals surface area contributed by atoms with Crippen LogP contribution in [0.3, 0.4) is 0 Å². The first-order valence-electron chi connectivity index (χ1n) is 0.341. The second-order valence-corrected chi connectivity index (χ2v) is 0.382. The van der Waals surface area contributed by atoms with E-state index >= 15 is 0 Å². The normalized spacial score (nSPS) is 2.00. The van der Waals surface area contributed by atoms with Gasteiger partial charge in [0, 0.05) is 0 Å². The Hall–Kier alpha value is 0.763. The van der Waals surface area contributed by atoms with Crippen molar-refractivity contribution in [3.63, 3.8) is 0 Å². The van der Waals surface area contributed by atoms with Crippen molar-refractivity contribution in [1.82, 2.24) is 0 Å². The Morgan fingerprint density at radius 2 is 1.33 bits per heavy atom. The van der Waals surface area contributed by atoms with Crippen molar-refractivity contribution >= 4 is 0 Å². The van der Waals surface area contributed by atoms with Crippen LogP contribution in [0.2, 0.25) is 0 Å². The molecule has 2 N–H and O–H groups in total. The van der Waals surface area contributed by atoms with Gasteiger partial charge in [0.25, 0.3) is 0 Å². The van der Waals surface area contributed by atoms with E-state index in [1.807, 2.05) is 0 Å². The third-order valence-electron chi connectivity index (χ3n) is 0. The molecule has 0 saturated heterocycles. The summed E-state index contributed by atoms with van der Waals surface area (Å²) in [4.78, 5) is 8.52. The summed E-state index contributed by atoms with van der Waals surface area (Å²) in [6, 6.07) is 0. The standard InChI is InChI=1S/2ClH.NO.H2O.Ru/c;;1-2;;/h2*1H;;1H2;/q;;-1;;+3/p-2. The first-order valence-corrected chi connectivity index (χ1v) is 1.12. The van der Waals surface area contributed by atoms with E-state index in [0.29, 0.717) is 0 Å². The number of nitroso groups, excluding NO2 is 1. The number of nitrogens with zero attached hydrogens (tertiary/aromatic N) is 1. The van der Waals surface area contributed by atoms with Crippen molar-refractivity contribution < 1.29 is 48.8 Å². The Kier molecular flexibility index (Phi) is 206. The van der Waals surface area contributed by atoms with Gasteiger partial charge in [0.15, 0.2) is 0 Å². The summed E-state index contributed by atoms with van der Waals surface area (Å²) in [6.45, 7) is 0. The molecule has 0 radical (unpaired) electrons. The molecule has 6 heavy (non-hydrogen) atoms. The van der Waals surface area contributed by atoms with Gasteiger partial charge >= 0.3 is 27.4 Å². The van der Waals surface area contributed by atoms with Crippen LogP contribution in [-0.2, 0) is 18.5 Å². The minimum Gasteiger partial charge on any atom is -1.00 e. The molecule has 0 saturated carbocycles. The first-order chi connectivity index (χ1) is 1.41. The number of rotatable bonds is 0. The monoisotopic (exact) mass is 220 g/mol. The number of hydrogen-bond acceptors (Lipinski definition) is 2. The number of halogens is 2. The molecule has 41 valence electrons. The van der Waals surface area contributed by atoms with Crippen LogP contribution >= 0.6 is 0 Å². The van der Waals surface area contributed by atoms with Crippen LogP contribution in [0.25, 0.3) is 0 Å². The smallest absolute Gasteiger partial charge is 1.00 e. The van der Waals surface area contributed by atoms with Crippen molar-refractivity contribution in [2.75, 3.05) is 0 Å². The molecule has 6 heteroatoms. The van der Waals surface area contributed by atoms with Gasteiger partial charge in [0.05, 0.1) is 0 Å². The average molecular weight is 220 g/mol. The van der Waals surface area contributed by atoms with Crippen LogP contribution < -0.4 is 24.8 Å². The van der Waals surface area contributed by atoms with E-state index in [0.717, 1.165) is 0 Å². The predicted octanol–water partition coefficient (Wildman–Crippen LogP) is -6.60. The van der Waals surface area contributed by atoms with Crippen LogP contribution in [0.4, 0.5) is 0 Å². The van der Waals surface area contributed by atoms with E-state index in [2.05, 4.69) is 3.92 Å². The maximum Gasteiger partial charge on any atom is -1.00 e. The Morgan fingerprint density at radius 3 is 1.33 bits per heavy atom. The van der Waals surface area contributed by atoms with Gasteiger partial charge in [0.2, 0.25) is 0 Å². The summed E-state index contributed by atoms with van der Waals surface area (Å²) in [5, 5.41) is 0. The fourth-order valence-corrected chi connectivity index (χ4v) is 0. The average Bonchev–Trinajstić information content (AvgIpc) is 0.918. The van der Waals surface area contributed by atoms with E-state index in [1.165, 1.54) is 0 Å². The van der Waals surface area contributed by atoms with Gasteiger partial charge in [-0.25, -0.2) is 0 Å². The fourth-order valence-electron chi connectivity index (χ4n) is 0. The maximum atomic E-state index is 8.52. The van der Waals surface area contributed by atoms with Crippen LogP contribution in [-0.4, -0.2) is 5.48 Å². The molecule has 3 nitrogen and oxygen atoms in total. The molecule has 0 rings (SSSR count). The first kappa shape index (κ1) is 29.4. The summed E-state index contributed by atoms with van der Waals surface area (Å²) in [7, 11) is 0. The van der Waals surface area contributed by atoms with Crippen LogP contribution in [0.15, 0.2) is 3.92 Å². The van der Waals surface area contributed by atoms with E-state index in [-0.39, 0.29) is 30.3 Å². The zero-order chi connectivity index (χ0) is 2.71. The Bertz CT molecular complexity index is 19.0. The van der Waals surface area contributed by atoms with E-state index in [4.69, 9.17) is 4.91 Å². The molecule has 0 unspecified atom stereocenters. The van der Waals surface area contributed by atoms with Gasteiger partial charge in [-0.3, -0.25) is 0 Å². The Balaban J connectivity index is -0.00000000667. The third-order valence-corrected chi connectivity index (χ3v) is 0. The van der Waals surface area contributed by atoms with Gasteiger partial charge in [-0.1, -0.05) is 0 Å². The second-order valence-electron chi connectivity index (χ2n) is 0.0645. The molecule has 0 aliphatic heterocycles. The molecule has 0 spiro atoms. The molecule has 0 atom stereocenters. The van der Waals surface area contributed by atoms with Gasteiger partial charge in [-0.05, 0) is 0 Å². The summed E-state index contributed by atoms with van der Waals surface area (Å²) >= 11 is 1.58. The van der Waals surface area contributed by atoms with Crippen molar-refractivity contribution in [3.8, 4) is 0 Å². The summed E-state index contributed by atoms with van der Waals surface area (Å²) in [6.07, 6.45) is 0. The molecule has 0 aliphatic rings. The van der Waals surface area contributed by atoms with Crippen molar-refractivity contribution in [3.05, 3.63) is 4.91 Å². The largest absolute Gasteiger partial charge is 1.00 e. The second kappa shape index (κ2) is 42.1. The Labute approximate surface area is 57.9 Å². The van der Waals surface area contributed by atoms with Crippen molar-refractivity contribution in [2.24, 2.45) is 3.92 Å². The number of hydrogen-bond donors (Lipinski definition) is 0. The molecule has 0 amide bonds. The summed E-state index contributed by atoms with van der Waals surface area (Å²) in [5.74, 6) is 0. The Morgan fingerprint density at radius 1 is 1.33 bits per heavy atom. The molecule has 0 aromatic carbocycles. The molecule has 0 aromatic rings. The zero-order valence-corrected chi connectivity index (χ0v) is 5.71. The minimum absolute atomic E-state index is 0. The van der Waals surface area contributed by atoms with Crippen LogP contribution in [0.5, 0.6) is 0 Å². The molecular formula is H2Cl2NO2Ru. The van der Waals surface area contributed by atoms with Crippen LogP contribution in [0.1, 0.15) is 0 Å². The topological polar surface area (TPSA) is 60.9 Å². The zero-order valence-electron chi connectivity index (χ0n) is 2.46. The minimum atomic E-state index is 0. The van der Waals surface area contributed by atoms with E-state index in [1.54, 1.807) is 18.5 Å². The quantitative estimate of drug-likeness (QED) is 0.295. The third kappa shape index (κ3) is 116. The summed E-state index contributed by atoms with van der Waals surface area (Å²) < 4.78 is 2.18. The molecule has 0 aliphatic carbocycles. The summed E-state index contributed by atoms with van der Waals surface area (Å²) in [5.41, 5.74) is 0. The molecule has 0 aromatic heterocycles. The molecule has 0 bridgehead atoms. The van der Waals surface area contributed by atoms with E-state index in [9.17, 15) is 0 Å². The maximum absolute atomic E-state index is 8.52. The van der Waals surface area contributed by atoms with Crippen molar-refractivity contribution in [1.29, 1.82) is 0 Å². The SMILES string of the molecule is O.O=[N][Ru+2].[Cl-].[Cl-]. The van der Waals surface area contributed by atoms with Crippen molar-refractivity contribution in [2.45, 2.75) is 0 Å². The van der Waals surface area contributed by atoms with Gasteiger partial charge in [-0.2, -0.15) is 0 Å².